The van der Waals surface area contributed by atoms with E-state index in [0.717, 1.165) is 10.0 Å². The molecular formula is C15H14BrClN2O. The molecule has 0 aromatic heterocycles. The molecule has 20 heavy (non-hydrogen) atoms. The lowest BCUT2D eigenvalue weighted by Crippen LogP contribution is -2.27. The monoisotopic (exact) mass is 352 g/mol. The standard InChI is InChI=1S/C15H14BrClN2O/c1-9(10-5-7-11(16)8-6-10)19-15(20)12-3-2-4-13(18)14(12)17/h2-9H,18H2,1H3,(H,19,20). The molecule has 0 saturated carbocycles. The van der Waals surface area contributed by atoms with Gasteiger partial charge in [0.2, 0.25) is 0 Å². The van der Waals surface area contributed by atoms with Crippen molar-refractivity contribution in [3.05, 3.63) is 63.1 Å². The average molecular weight is 354 g/mol. The first-order chi connectivity index (χ1) is 9.49. The van der Waals surface area contributed by atoms with Crippen LogP contribution >= 0.6 is 27.5 Å². The fraction of sp³-hybridized carbons (Fsp3) is 0.133. The minimum absolute atomic E-state index is 0.118. The Labute approximate surface area is 131 Å². The van der Waals surface area contributed by atoms with Gasteiger partial charge in [0, 0.05) is 4.47 Å². The molecule has 2 rings (SSSR count). The number of benzene rings is 2. The zero-order valence-corrected chi connectivity index (χ0v) is 13.2. The van der Waals surface area contributed by atoms with Gasteiger partial charge in [-0.25, -0.2) is 0 Å². The van der Waals surface area contributed by atoms with Crippen molar-refractivity contribution in [1.29, 1.82) is 0 Å². The summed E-state index contributed by atoms with van der Waals surface area (Å²) < 4.78 is 0.999. The summed E-state index contributed by atoms with van der Waals surface area (Å²) in [4.78, 5) is 12.2. The molecule has 5 heteroatoms. The van der Waals surface area contributed by atoms with Gasteiger partial charge in [0.05, 0.1) is 22.3 Å². The van der Waals surface area contributed by atoms with Gasteiger partial charge in [0.25, 0.3) is 5.91 Å². The first-order valence-corrected chi connectivity index (χ1v) is 7.26. The van der Waals surface area contributed by atoms with E-state index in [1.807, 2.05) is 31.2 Å². The number of hydrogen-bond donors (Lipinski definition) is 2. The normalized spacial score (nSPS) is 11.9. The van der Waals surface area contributed by atoms with E-state index in [2.05, 4.69) is 21.2 Å². The van der Waals surface area contributed by atoms with Crippen LogP contribution in [-0.4, -0.2) is 5.91 Å². The Hall–Kier alpha value is -1.52. The highest BCUT2D eigenvalue weighted by molar-refractivity contribution is 9.10. The van der Waals surface area contributed by atoms with Crippen LogP contribution < -0.4 is 11.1 Å². The van der Waals surface area contributed by atoms with Gasteiger partial charge in [-0.3, -0.25) is 4.79 Å². The third kappa shape index (κ3) is 3.32. The Kier molecular flexibility index (Phi) is 4.68. The van der Waals surface area contributed by atoms with E-state index < -0.39 is 0 Å². The van der Waals surface area contributed by atoms with Gasteiger partial charge in [-0.15, -0.1) is 0 Å². The number of carbonyl (C=O) groups is 1. The van der Waals surface area contributed by atoms with Crippen molar-refractivity contribution in [2.75, 3.05) is 5.73 Å². The number of anilines is 1. The van der Waals surface area contributed by atoms with Crippen LogP contribution in [0.4, 0.5) is 5.69 Å². The summed E-state index contributed by atoms with van der Waals surface area (Å²) in [6.45, 7) is 1.92. The van der Waals surface area contributed by atoms with E-state index in [9.17, 15) is 4.79 Å². The molecule has 0 saturated heterocycles. The maximum absolute atomic E-state index is 12.2. The zero-order valence-electron chi connectivity index (χ0n) is 10.9. The summed E-state index contributed by atoms with van der Waals surface area (Å²) in [5, 5.41) is 3.19. The van der Waals surface area contributed by atoms with Gasteiger partial charge in [-0.05, 0) is 36.8 Å². The maximum atomic E-state index is 12.2. The van der Waals surface area contributed by atoms with Crippen LogP contribution in [0.5, 0.6) is 0 Å². The van der Waals surface area contributed by atoms with Crippen LogP contribution in [0, 0.1) is 0 Å². The predicted molar refractivity (Wildman–Crippen MR) is 85.9 cm³/mol. The van der Waals surface area contributed by atoms with Crippen LogP contribution in [0.3, 0.4) is 0 Å². The molecule has 104 valence electrons. The molecule has 0 fully saturated rings. The second-order valence-electron chi connectivity index (χ2n) is 4.46. The second kappa shape index (κ2) is 6.29. The summed E-state index contributed by atoms with van der Waals surface area (Å²) in [5.74, 6) is -0.238. The molecule has 0 bridgehead atoms. The van der Waals surface area contributed by atoms with Crippen LogP contribution in [0.25, 0.3) is 0 Å². The van der Waals surface area contributed by atoms with Crippen molar-refractivity contribution in [2.24, 2.45) is 0 Å². The number of nitrogen functional groups attached to an aromatic ring is 1. The van der Waals surface area contributed by atoms with Crippen LogP contribution in [-0.2, 0) is 0 Å². The smallest absolute Gasteiger partial charge is 0.253 e. The zero-order chi connectivity index (χ0) is 14.7. The summed E-state index contributed by atoms with van der Waals surface area (Å²) in [7, 11) is 0. The first kappa shape index (κ1) is 14.9. The fourth-order valence-corrected chi connectivity index (χ4v) is 2.31. The Morgan fingerprint density at radius 2 is 1.90 bits per heavy atom. The van der Waals surface area contributed by atoms with E-state index in [0.29, 0.717) is 11.3 Å². The molecule has 0 heterocycles. The van der Waals surface area contributed by atoms with E-state index in [1.54, 1.807) is 18.2 Å². The number of carbonyl (C=O) groups excluding carboxylic acids is 1. The third-order valence-corrected chi connectivity index (χ3v) is 3.94. The fourth-order valence-electron chi connectivity index (χ4n) is 1.83. The summed E-state index contributed by atoms with van der Waals surface area (Å²) >= 11 is 9.43. The van der Waals surface area contributed by atoms with E-state index >= 15 is 0 Å². The molecule has 2 aromatic rings. The maximum Gasteiger partial charge on any atom is 0.253 e. The van der Waals surface area contributed by atoms with E-state index in [1.165, 1.54) is 0 Å². The molecule has 1 amide bonds. The van der Waals surface area contributed by atoms with Crippen molar-refractivity contribution in [2.45, 2.75) is 13.0 Å². The van der Waals surface area contributed by atoms with Crippen molar-refractivity contribution in [1.82, 2.24) is 5.32 Å². The van der Waals surface area contributed by atoms with Gasteiger partial charge in [0.15, 0.2) is 0 Å². The largest absolute Gasteiger partial charge is 0.398 e. The van der Waals surface area contributed by atoms with Gasteiger partial charge >= 0.3 is 0 Å². The topological polar surface area (TPSA) is 55.1 Å². The summed E-state index contributed by atoms with van der Waals surface area (Å²) in [6, 6.07) is 12.7. The van der Waals surface area contributed by atoms with Gasteiger partial charge in [-0.2, -0.15) is 0 Å². The number of amides is 1. The highest BCUT2D eigenvalue weighted by Crippen LogP contribution is 2.24. The molecule has 0 aliphatic rings. The minimum Gasteiger partial charge on any atom is -0.398 e. The Morgan fingerprint density at radius 3 is 2.55 bits per heavy atom. The predicted octanol–water partition coefficient (Wildman–Crippen LogP) is 4.18. The Morgan fingerprint density at radius 1 is 1.25 bits per heavy atom. The Bertz CT molecular complexity index is 628. The van der Waals surface area contributed by atoms with Gasteiger partial charge < -0.3 is 11.1 Å². The van der Waals surface area contributed by atoms with Gasteiger partial charge in [0.1, 0.15) is 0 Å². The second-order valence-corrected chi connectivity index (χ2v) is 5.75. The molecule has 3 N–H and O–H groups in total. The summed E-state index contributed by atoms with van der Waals surface area (Å²) in [5.41, 5.74) is 7.50. The average Bonchev–Trinajstić information content (AvgIpc) is 2.42. The molecular weight excluding hydrogens is 340 g/mol. The van der Waals surface area contributed by atoms with Crippen LogP contribution in [0.2, 0.25) is 5.02 Å². The molecule has 0 spiro atoms. The highest BCUT2D eigenvalue weighted by Gasteiger charge is 2.15. The number of nitrogens with one attached hydrogen (secondary N) is 1. The third-order valence-electron chi connectivity index (χ3n) is 2.99. The van der Waals surface area contributed by atoms with E-state index in [-0.39, 0.29) is 17.0 Å². The lowest BCUT2D eigenvalue weighted by molar-refractivity contribution is 0.0940. The quantitative estimate of drug-likeness (QED) is 0.813. The molecule has 0 radical (unpaired) electrons. The number of halogens is 2. The summed E-state index contributed by atoms with van der Waals surface area (Å²) in [6.07, 6.45) is 0. The van der Waals surface area contributed by atoms with Crippen molar-refractivity contribution in [3.63, 3.8) is 0 Å². The number of hydrogen-bond acceptors (Lipinski definition) is 2. The minimum atomic E-state index is -0.238. The lowest BCUT2D eigenvalue weighted by Gasteiger charge is -2.15. The van der Waals surface area contributed by atoms with Crippen LogP contribution in [0.15, 0.2) is 46.9 Å². The van der Waals surface area contributed by atoms with Crippen molar-refractivity contribution in [3.8, 4) is 0 Å². The molecule has 2 aromatic carbocycles. The number of nitrogens with two attached hydrogens (primary N) is 1. The van der Waals surface area contributed by atoms with Crippen molar-refractivity contribution < 1.29 is 4.79 Å². The highest BCUT2D eigenvalue weighted by atomic mass is 79.9. The molecule has 1 unspecified atom stereocenters. The SMILES string of the molecule is CC(NC(=O)c1cccc(N)c1Cl)c1ccc(Br)cc1. The van der Waals surface area contributed by atoms with Gasteiger partial charge in [-0.1, -0.05) is 45.7 Å². The Balaban J connectivity index is 2.15. The van der Waals surface area contributed by atoms with E-state index in [4.69, 9.17) is 17.3 Å². The first-order valence-electron chi connectivity index (χ1n) is 6.09. The molecule has 0 aliphatic carbocycles. The van der Waals surface area contributed by atoms with Crippen LogP contribution in [0.1, 0.15) is 28.9 Å². The number of rotatable bonds is 3. The lowest BCUT2D eigenvalue weighted by atomic mass is 10.1. The molecule has 1 atom stereocenters. The molecule has 3 nitrogen and oxygen atoms in total. The molecule has 0 aliphatic heterocycles. The van der Waals surface area contributed by atoms with Crippen molar-refractivity contribution >= 4 is 39.1 Å².